The molecule has 1 aliphatic heterocycles. The van der Waals surface area contributed by atoms with Gasteiger partial charge in [-0.1, -0.05) is 6.92 Å². The Labute approximate surface area is 147 Å². The molecule has 5 rings (SSSR count). The lowest BCUT2D eigenvalue weighted by molar-refractivity contribution is 0.174. The summed E-state index contributed by atoms with van der Waals surface area (Å²) in [5.74, 6) is 2.26. The Hall–Kier alpha value is -2.93. The van der Waals surface area contributed by atoms with Crippen LogP contribution >= 0.6 is 11.3 Å². The minimum atomic E-state index is 0.260. The van der Waals surface area contributed by atoms with Gasteiger partial charge in [0.2, 0.25) is 6.79 Å². The zero-order valence-corrected chi connectivity index (χ0v) is 14.3. The SMILES string of the molecule is CCc1nc2ccc3ncnc(Nc4ccc5c(c4)OCO5)c3c2s1. The molecule has 0 spiro atoms. The number of anilines is 2. The highest BCUT2D eigenvalue weighted by atomic mass is 32.1. The molecule has 25 heavy (non-hydrogen) atoms. The van der Waals surface area contributed by atoms with Gasteiger partial charge in [0.05, 0.1) is 26.1 Å². The summed E-state index contributed by atoms with van der Waals surface area (Å²) in [5, 5.41) is 5.49. The van der Waals surface area contributed by atoms with Gasteiger partial charge in [-0.15, -0.1) is 11.3 Å². The molecule has 0 atom stereocenters. The van der Waals surface area contributed by atoms with Gasteiger partial charge in [-0.2, -0.15) is 0 Å². The first-order valence-electron chi connectivity index (χ1n) is 8.01. The zero-order chi connectivity index (χ0) is 16.8. The maximum absolute atomic E-state index is 5.45. The van der Waals surface area contributed by atoms with E-state index in [1.807, 2.05) is 30.3 Å². The van der Waals surface area contributed by atoms with Crippen LogP contribution in [-0.4, -0.2) is 21.7 Å². The molecule has 0 saturated carbocycles. The molecule has 0 fully saturated rings. The Bertz CT molecular complexity index is 1110. The van der Waals surface area contributed by atoms with Crippen molar-refractivity contribution in [1.82, 2.24) is 15.0 Å². The van der Waals surface area contributed by atoms with Gasteiger partial charge in [-0.05, 0) is 30.7 Å². The first kappa shape index (κ1) is 14.4. The molecule has 2 aromatic heterocycles. The van der Waals surface area contributed by atoms with Crippen molar-refractivity contribution in [3.63, 3.8) is 0 Å². The molecule has 0 radical (unpaired) electrons. The second-order valence-corrected chi connectivity index (χ2v) is 6.77. The van der Waals surface area contributed by atoms with Crippen molar-refractivity contribution in [1.29, 1.82) is 0 Å². The molecule has 0 amide bonds. The lowest BCUT2D eigenvalue weighted by Crippen LogP contribution is -1.96. The van der Waals surface area contributed by atoms with E-state index in [1.165, 1.54) is 0 Å². The largest absolute Gasteiger partial charge is 0.454 e. The normalized spacial score (nSPS) is 12.8. The van der Waals surface area contributed by atoms with Crippen molar-refractivity contribution >= 4 is 44.0 Å². The van der Waals surface area contributed by atoms with Gasteiger partial charge >= 0.3 is 0 Å². The number of thiazole rings is 1. The van der Waals surface area contributed by atoms with Gasteiger partial charge in [0.1, 0.15) is 12.1 Å². The van der Waals surface area contributed by atoms with Crippen molar-refractivity contribution < 1.29 is 9.47 Å². The number of hydrogen-bond acceptors (Lipinski definition) is 7. The van der Waals surface area contributed by atoms with E-state index in [4.69, 9.17) is 9.47 Å². The Kier molecular flexibility index (Phi) is 3.21. The van der Waals surface area contributed by atoms with Crippen LogP contribution in [0.2, 0.25) is 0 Å². The number of aryl methyl sites for hydroxylation is 1. The van der Waals surface area contributed by atoms with E-state index >= 15 is 0 Å². The van der Waals surface area contributed by atoms with Gasteiger partial charge < -0.3 is 14.8 Å². The van der Waals surface area contributed by atoms with Crippen molar-refractivity contribution in [2.75, 3.05) is 12.1 Å². The third-order valence-electron chi connectivity index (χ3n) is 4.14. The third-order valence-corrected chi connectivity index (χ3v) is 5.37. The predicted molar refractivity (Wildman–Crippen MR) is 97.9 cm³/mol. The van der Waals surface area contributed by atoms with Crippen LogP contribution in [-0.2, 0) is 6.42 Å². The minimum Gasteiger partial charge on any atom is -0.454 e. The van der Waals surface area contributed by atoms with Crippen molar-refractivity contribution in [2.24, 2.45) is 0 Å². The van der Waals surface area contributed by atoms with E-state index in [-0.39, 0.29) is 6.79 Å². The van der Waals surface area contributed by atoms with Crippen molar-refractivity contribution in [2.45, 2.75) is 13.3 Å². The molecule has 7 heteroatoms. The highest BCUT2D eigenvalue weighted by Crippen LogP contribution is 2.37. The minimum absolute atomic E-state index is 0.260. The summed E-state index contributed by atoms with van der Waals surface area (Å²) in [4.78, 5) is 13.6. The molecule has 124 valence electrons. The monoisotopic (exact) mass is 350 g/mol. The highest BCUT2D eigenvalue weighted by molar-refractivity contribution is 7.19. The Morgan fingerprint density at radius 2 is 1.96 bits per heavy atom. The molecule has 3 heterocycles. The first-order chi connectivity index (χ1) is 12.3. The average Bonchev–Trinajstić information content (AvgIpc) is 3.27. The highest BCUT2D eigenvalue weighted by Gasteiger charge is 2.15. The maximum atomic E-state index is 5.45. The van der Waals surface area contributed by atoms with Crippen LogP contribution in [0.25, 0.3) is 21.1 Å². The summed E-state index contributed by atoms with van der Waals surface area (Å²) in [5.41, 5.74) is 2.77. The van der Waals surface area contributed by atoms with Crippen LogP contribution in [0.15, 0.2) is 36.7 Å². The van der Waals surface area contributed by atoms with Crippen LogP contribution in [0.4, 0.5) is 11.5 Å². The smallest absolute Gasteiger partial charge is 0.231 e. The number of ether oxygens (including phenoxy) is 2. The summed E-state index contributed by atoms with van der Waals surface area (Å²) >= 11 is 1.70. The van der Waals surface area contributed by atoms with Crippen LogP contribution in [0, 0.1) is 0 Å². The van der Waals surface area contributed by atoms with E-state index in [0.29, 0.717) is 0 Å². The molecule has 0 saturated heterocycles. The Morgan fingerprint density at radius 1 is 1.08 bits per heavy atom. The van der Waals surface area contributed by atoms with Crippen molar-refractivity contribution in [3.05, 3.63) is 41.7 Å². The summed E-state index contributed by atoms with van der Waals surface area (Å²) in [6, 6.07) is 9.77. The lowest BCUT2D eigenvalue weighted by Gasteiger charge is -2.09. The van der Waals surface area contributed by atoms with E-state index in [0.717, 1.165) is 55.6 Å². The summed E-state index contributed by atoms with van der Waals surface area (Å²) < 4.78 is 11.9. The van der Waals surface area contributed by atoms with Gasteiger partial charge in [-0.3, -0.25) is 0 Å². The number of hydrogen-bond donors (Lipinski definition) is 1. The molecular weight excluding hydrogens is 336 g/mol. The molecule has 4 aromatic rings. The molecule has 0 aliphatic carbocycles. The number of nitrogens with zero attached hydrogens (tertiary/aromatic N) is 3. The zero-order valence-electron chi connectivity index (χ0n) is 13.4. The number of nitrogens with one attached hydrogen (secondary N) is 1. The summed E-state index contributed by atoms with van der Waals surface area (Å²) in [7, 11) is 0. The second-order valence-electron chi connectivity index (χ2n) is 5.68. The lowest BCUT2D eigenvalue weighted by atomic mass is 10.2. The van der Waals surface area contributed by atoms with Gasteiger partial charge in [-0.25, -0.2) is 15.0 Å². The molecule has 1 N–H and O–H groups in total. The quantitative estimate of drug-likeness (QED) is 0.595. The predicted octanol–water partition coefficient (Wildman–Crippen LogP) is 4.27. The standard InChI is InChI=1S/C18H14N4O2S/c1-2-15-22-12-5-4-11-16(17(12)25-15)18(20-8-19-11)21-10-3-6-13-14(7-10)24-9-23-13/h3-8H,2,9H2,1H3,(H,19,20,21). The number of fused-ring (bicyclic) bond motifs is 4. The maximum Gasteiger partial charge on any atom is 0.231 e. The second kappa shape index (κ2) is 5.56. The number of benzene rings is 2. The summed E-state index contributed by atoms with van der Waals surface area (Å²) in [6.45, 7) is 2.37. The molecule has 2 aromatic carbocycles. The van der Waals surface area contributed by atoms with Gasteiger partial charge in [0.15, 0.2) is 11.5 Å². The molecule has 0 bridgehead atoms. The Morgan fingerprint density at radius 3 is 2.88 bits per heavy atom. The van der Waals surface area contributed by atoms with E-state index in [2.05, 4.69) is 27.2 Å². The van der Waals surface area contributed by atoms with Crippen LogP contribution in [0.3, 0.4) is 0 Å². The summed E-state index contributed by atoms with van der Waals surface area (Å²) in [6.07, 6.45) is 2.49. The van der Waals surface area contributed by atoms with Crippen molar-refractivity contribution in [3.8, 4) is 11.5 Å². The molecule has 6 nitrogen and oxygen atoms in total. The fourth-order valence-electron chi connectivity index (χ4n) is 2.93. The molecule has 1 aliphatic rings. The topological polar surface area (TPSA) is 69.2 Å². The number of rotatable bonds is 3. The molecular formula is C18H14N4O2S. The van der Waals surface area contributed by atoms with Crippen LogP contribution < -0.4 is 14.8 Å². The van der Waals surface area contributed by atoms with Crippen LogP contribution in [0.1, 0.15) is 11.9 Å². The van der Waals surface area contributed by atoms with E-state index in [9.17, 15) is 0 Å². The van der Waals surface area contributed by atoms with E-state index < -0.39 is 0 Å². The third kappa shape index (κ3) is 2.35. The van der Waals surface area contributed by atoms with Crippen LogP contribution in [0.5, 0.6) is 11.5 Å². The van der Waals surface area contributed by atoms with Gasteiger partial charge in [0, 0.05) is 11.8 Å². The molecule has 0 unspecified atom stereocenters. The average molecular weight is 350 g/mol. The fraction of sp³-hybridized carbons (Fsp3) is 0.167. The fourth-order valence-corrected chi connectivity index (χ4v) is 3.98. The first-order valence-corrected chi connectivity index (χ1v) is 8.83. The number of aromatic nitrogens is 3. The Balaban J connectivity index is 1.66. The van der Waals surface area contributed by atoms with Gasteiger partial charge in [0.25, 0.3) is 0 Å². The van der Waals surface area contributed by atoms with E-state index in [1.54, 1.807) is 17.7 Å².